The van der Waals surface area contributed by atoms with Gasteiger partial charge in [0.05, 0.1) is 0 Å². The first-order valence-electron chi connectivity index (χ1n) is 3.14. The van der Waals surface area contributed by atoms with E-state index < -0.39 is 0 Å². The molecule has 0 saturated carbocycles. The number of nitrogens with zero attached hydrogens (tertiary/aromatic N) is 4. The topological polar surface area (TPSA) is 43.6 Å². The summed E-state index contributed by atoms with van der Waals surface area (Å²) < 4.78 is 1.56. The minimum atomic E-state index is 0.657. The Hall–Kier alpha value is -1.71. The zero-order valence-electron chi connectivity index (χ0n) is 5.68. The summed E-state index contributed by atoms with van der Waals surface area (Å²) in [6, 6.07) is 6.51. The Labute approximate surface area is 63.5 Å². The highest BCUT2D eigenvalue weighted by molar-refractivity contribution is 5.16. The fraction of sp³-hybridized carbons (Fsp3) is 0. The molecule has 0 aliphatic rings. The van der Waals surface area contributed by atoms with Gasteiger partial charge in [0.25, 0.3) is 0 Å². The van der Waals surface area contributed by atoms with Gasteiger partial charge in [-0.1, -0.05) is 0 Å². The minimum absolute atomic E-state index is 0.657. The van der Waals surface area contributed by atoms with Crippen LogP contribution in [0.15, 0.2) is 31.0 Å². The summed E-state index contributed by atoms with van der Waals surface area (Å²) in [6.07, 6.45) is 4.73. The first kappa shape index (κ1) is 6.03. The zero-order valence-corrected chi connectivity index (χ0v) is 5.68. The van der Waals surface area contributed by atoms with Gasteiger partial charge in [-0.3, -0.25) is 0 Å². The second-order valence-corrected chi connectivity index (χ2v) is 1.95. The highest BCUT2D eigenvalue weighted by Crippen LogP contribution is 1.96. The molecule has 0 saturated heterocycles. The maximum atomic E-state index is 4.03. The quantitative estimate of drug-likeness (QED) is 0.585. The molecule has 0 amide bonds. The molecule has 0 N–H and O–H groups in total. The molecule has 0 bridgehead atoms. The molecule has 0 aromatic carbocycles. The third kappa shape index (κ3) is 1.10. The van der Waals surface area contributed by atoms with Crippen LogP contribution in [-0.2, 0) is 0 Å². The van der Waals surface area contributed by atoms with E-state index in [9.17, 15) is 0 Å². The van der Waals surface area contributed by atoms with Crippen LogP contribution in [0.5, 0.6) is 0 Å². The molecule has 4 nitrogen and oxygen atoms in total. The molecule has 0 unspecified atom stereocenters. The van der Waals surface area contributed by atoms with Crippen molar-refractivity contribution in [3.8, 4) is 5.82 Å². The van der Waals surface area contributed by atoms with Crippen LogP contribution in [0.3, 0.4) is 0 Å². The van der Waals surface area contributed by atoms with E-state index in [2.05, 4.69) is 21.1 Å². The summed E-state index contributed by atoms with van der Waals surface area (Å²) in [5.41, 5.74) is 0. The number of rotatable bonds is 1. The lowest BCUT2D eigenvalue weighted by Crippen LogP contribution is -1.96. The molecule has 1 radical (unpaired) electrons. The minimum Gasteiger partial charge on any atom is -0.237 e. The maximum Gasteiger partial charge on any atom is 0.163 e. The Bertz CT molecular complexity index is 313. The van der Waals surface area contributed by atoms with Crippen molar-refractivity contribution < 1.29 is 0 Å². The van der Waals surface area contributed by atoms with Gasteiger partial charge in [-0.2, -0.15) is 5.10 Å². The second-order valence-electron chi connectivity index (χ2n) is 1.95. The lowest BCUT2D eigenvalue weighted by Gasteiger charge is -1.94. The van der Waals surface area contributed by atoms with Crippen molar-refractivity contribution in [1.29, 1.82) is 0 Å². The fourth-order valence-electron chi connectivity index (χ4n) is 0.759. The molecule has 2 aromatic rings. The summed E-state index contributed by atoms with van der Waals surface area (Å²) in [6.45, 7) is 0. The van der Waals surface area contributed by atoms with Gasteiger partial charge in [-0.25, -0.2) is 14.6 Å². The van der Waals surface area contributed by atoms with Crippen LogP contribution in [0, 0.1) is 6.07 Å². The Balaban J connectivity index is 2.46. The summed E-state index contributed by atoms with van der Waals surface area (Å²) >= 11 is 0. The molecule has 2 rings (SSSR count). The van der Waals surface area contributed by atoms with Gasteiger partial charge in [0.2, 0.25) is 0 Å². The van der Waals surface area contributed by atoms with E-state index in [1.165, 1.54) is 6.33 Å². The molecule has 11 heavy (non-hydrogen) atoms. The standard InChI is InChI=1S/C7H5N4/c1-2-4-9-7(3-1)11-6-8-5-10-11/h1-2,4-6H. The highest BCUT2D eigenvalue weighted by Gasteiger charge is 1.93. The van der Waals surface area contributed by atoms with Crippen LogP contribution in [0.1, 0.15) is 0 Å². The normalized spacial score (nSPS) is 9.82. The SMILES string of the molecule is [c]1cccnc1-n1cncn1. The monoisotopic (exact) mass is 145 g/mol. The van der Waals surface area contributed by atoms with Gasteiger partial charge < -0.3 is 0 Å². The molecule has 4 heteroatoms. The number of hydrogen-bond acceptors (Lipinski definition) is 3. The Kier molecular flexibility index (Phi) is 1.37. The second kappa shape index (κ2) is 2.49. The average molecular weight is 145 g/mol. The molecule has 0 spiro atoms. The third-order valence-corrected chi connectivity index (χ3v) is 1.23. The van der Waals surface area contributed by atoms with Crippen molar-refractivity contribution in [2.45, 2.75) is 0 Å². The van der Waals surface area contributed by atoms with E-state index in [-0.39, 0.29) is 0 Å². The van der Waals surface area contributed by atoms with Crippen LogP contribution in [-0.4, -0.2) is 19.7 Å². The molecule has 53 valence electrons. The molecule has 2 heterocycles. The predicted octanol–water partition coefficient (Wildman–Crippen LogP) is 0.462. The third-order valence-electron chi connectivity index (χ3n) is 1.23. The fourth-order valence-corrected chi connectivity index (χ4v) is 0.759. The van der Waals surface area contributed by atoms with E-state index >= 15 is 0 Å². The van der Waals surface area contributed by atoms with Gasteiger partial charge in [0.1, 0.15) is 12.7 Å². The summed E-state index contributed by atoms with van der Waals surface area (Å²) in [7, 11) is 0. The molecule has 0 fully saturated rings. The van der Waals surface area contributed by atoms with Crippen molar-refractivity contribution in [3.63, 3.8) is 0 Å². The highest BCUT2D eigenvalue weighted by atomic mass is 15.3. The van der Waals surface area contributed by atoms with Crippen molar-refractivity contribution in [2.24, 2.45) is 0 Å². The van der Waals surface area contributed by atoms with Gasteiger partial charge in [0.15, 0.2) is 5.82 Å². The van der Waals surface area contributed by atoms with Crippen LogP contribution in [0.25, 0.3) is 5.82 Å². The van der Waals surface area contributed by atoms with Crippen LogP contribution in [0.4, 0.5) is 0 Å². The van der Waals surface area contributed by atoms with E-state index in [0.717, 1.165) is 0 Å². The van der Waals surface area contributed by atoms with Gasteiger partial charge in [-0.05, 0) is 12.1 Å². The summed E-state index contributed by atoms with van der Waals surface area (Å²) in [5, 5.41) is 3.90. The molecular weight excluding hydrogens is 140 g/mol. The van der Waals surface area contributed by atoms with Crippen molar-refractivity contribution in [1.82, 2.24) is 19.7 Å². The van der Waals surface area contributed by atoms with E-state index in [4.69, 9.17) is 0 Å². The largest absolute Gasteiger partial charge is 0.237 e. The smallest absolute Gasteiger partial charge is 0.163 e. The molecular formula is C7H5N4. The number of aromatic nitrogens is 4. The Morgan fingerprint density at radius 2 is 2.45 bits per heavy atom. The first-order valence-corrected chi connectivity index (χ1v) is 3.14. The first-order chi connectivity index (χ1) is 5.47. The summed E-state index contributed by atoms with van der Waals surface area (Å²) in [5.74, 6) is 0.657. The Morgan fingerprint density at radius 1 is 1.45 bits per heavy atom. The Morgan fingerprint density at radius 3 is 3.09 bits per heavy atom. The average Bonchev–Trinajstić information content (AvgIpc) is 2.58. The van der Waals surface area contributed by atoms with E-state index in [0.29, 0.717) is 5.82 Å². The lowest BCUT2D eigenvalue weighted by atomic mass is 10.5. The van der Waals surface area contributed by atoms with Crippen molar-refractivity contribution in [2.75, 3.05) is 0 Å². The van der Waals surface area contributed by atoms with Gasteiger partial charge in [0, 0.05) is 12.3 Å². The van der Waals surface area contributed by atoms with Crippen LogP contribution < -0.4 is 0 Å². The predicted molar refractivity (Wildman–Crippen MR) is 38.0 cm³/mol. The van der Waals surface area contributed by atoms with Crippen LogP contribution >= 0.6 is 0 Å². The van der Waals surface area contributed by atoms with Crippen LogP contribution in [0.2, 0.25) is 0 Å². The number of hydrogen-bond donors (Lipinski definition) is 0. The van der Waals surface area contributed by atoms with Gasteiger partial charge >= 0.3 is 0 Å². The van der Waals surface area contributed by atoms with Crippen molar-refractivity contribution >= 4 is 0 Å². The van der Waals surface area contributed by atoms with Crippen molar-refractivity contribution in [3.05, 3.63) is 37.1 Å². The summed E-state index contributed by atoms with van der Waals surface area (Å²) in [4.78, 5) is 7.82. The number of pyridine rings is 1. The van der Waals surface area contributed by atoms with E-state index in [1.54, 1.807) is 29.3 Å². The van der Waals surface area contributed by atoms with Gasteiger partial charge in [-0.15, -0.1) is 0 Å². The zero-order chi connectivity index (χ0) is 7.52. The molecule has 2 aromatic heterocycles. The maximum absolute atomic E-state index is 4.03. The lowest BCUT2D eigenvalue weighted by molar-refractivity contribution is 0.843. The van der Waals surface area contributed by atoms with E-state index in [1.807, 2.05) is 0 Å². The molecule has 0 aliphatic carbocycles. The molecule has 0 atom stereocenters. The molecule has 0 aliphatic heterocycles.